The number of aromatic nitrogens is 2. The van der Waals surface area contributed by atoms with Crippen molar-refractivity contribution in [3.05, 3.63) is 29.8 Å². The monoisotopic (exact) mass is 295 g/mol. The first-order chi connectivity index (χ1) is 9.24. The van der Waals surface area contributed by atoms with Gasteiger partial charge >= 0.3 is 0 Å². The van der Waals surface area contributed by atoms with Gasteiger partial charge in [0.25, 0.3) is 5.91 Å². The Bertz CT molecular complexity index is 572. The third kappa shape index (κ3) is 3.45. The van der Waals surface area contributed by atoms with E-state index < -0.39 is 0 Å². The van der Waals surface area contributed by atoms with E-state index in [1.165, 1.54) is 18.4 Å². The molecule has 7 heteroatoms. The molecule has 1 N–H and O–H groups in total. The molecule has 2 aromatic rings. The quantitative estimate of drug-likeness (QED) is 0.678. The molecule has 2 rings (SSSR count). The van der Waals surface area contributed by atoms with Crippen LogP contribution in [0, 0.1) is 0 Å². The highest BCUT2D eigenvalue weighted by atomic mass is 32.2. The van der Waals surface area contributed by atoms with Crippen molar-refractivity contribution < 1.29 is 9.53 Å². The number of hydrogen-bond donors (Lipinski definition) is 1. The second-order valence-corrected chi connectivity index (χ2v) is 5.95. The lowest BCUT2D eigenvalue weighted by Crippen LogP contribution is -2.12. The molecule has 0 radical (unpaired) electrons. The molecule has 0 atom stereocenters. The normalized spacial score (nSPS) is 10.2. The van der Waals surface area contributed by atoms with Gasteiger partial charge in [-0.2, -0.15) is 0 Å². The summed E-state index contributed by atoms with van der Waals surface area (Å²) in [6, 6.07) is 7.05. The highest BCUT2D eigenvalue weighted by molar-refractivity contribution is 8.01. The number of anilines is 1. The van der Waals surface area contributed by atoms with E-state index in [1.807, 2.05) is 13.0 Å². The minimum absolute atomic E-state index is 0.248. The van der Waals surface area contributed by atoms with Crippen LogP contribution in [0.25, 0.3) is 0 Å². The number of methoxy groups -OCH3 is 1. The van der Waals surface area contributed by atoms with Crippen LogP contribution >= 0.6 is 23.1 Å². The Morgan fingerprint density at radius 3 is 2.95 bits per heavy atom. The average Bonchev–Trinajstić information content (AvgIpc) is 2.86. The van der Waals surface area contributed by atoms with Gasteiger partial charge in [-0.15, -0.1) is 10.2 Å². The summed E-state index contributed by atoms with van der Waals surface area (Å²) >= 11 is 2.96. The maximum Gasteiger partial charge on any atom is 0.261 e. The van der Waals surface area contributed by atoms with Gasteiger partial charge in [0, 0.05) is 0 Å². The number of nitrogens with zero attached hydrogens (tertiary/aromatic N) is 2. The topological polar surface area (TPSA) is 64.1 Å². The molecule has 0 spiro atoms. The number of benzene rings is 1. The maximum absolute atomic E-state index is 12.1. The molecule has 5 nitrogen and oxygen atoms in total. The number of ether oxygens (including phenoxy) is 1. The summed E-state index contributed by atoms with van der Waals surface area (Å²) in [6.45, 7) is 2.04. The highest BCUT2D eigenvalue weighted by Crippen LogP contribution is 2.26. The fourth-order valence-corrected chi connectivity index (χ4v) is 3.08. The van der Waals surface area contributed by atoms with E-state index in [1.54, 1.807) is 30.0 Å². The van der Waals surface area contributed by atoms with Crippen LogP contribution in [-0.4, -0.2) is 29.0 Å². The summed E-state index contributed by atoms with van der Waals surface area (Å²) in [5.41, 5.74) is 0.477. The Morgan fingerprint density at radius 1 is 1.42 bits per heavy atom. The van der Waals surface area contributed by atoms with Crippen molar-refractivity contribution in [2.75, 3.05) is 18.2 Å². The molecule has 1 heterocycles. The van der Waals surface area contributed by atoms with E-state index in [2.05, 4.69) is 15.5 Å². The Hall–Kier alpha value is -1.60. The summed E-state index contributed by atoms with van der Waals surface area (Å²) in [5, 5.41) is 11.1. The van der Waals surface area contributed by atoms with Crippen LogP contribution in [0.1, 0.15) is 17.3 Å². The Morgan fingerprint density at radius 2 is 2.21 bits per heavy atom. The Balaban J connectivity index is 2.11. The minimum Gasteiger partial charge on any atom is -0.496 e. The van der Waals surface area contributed by atoms with Crippen molar-refractivity contribution in [2.24, 2.45) is 0 Å². The number of carbonyl (C=O) groups is 1. The van der Waals surface area contributed by atoms with Crippen molar-refractivity contribution >= 4 is 34.1 Å². The zero-order valence-electron chi connectivity index (χ0n) is 10.5. The minimum atomic E-state index is -0.248. The van der Waals surface area contributed by atoms with Crippen LogP contribution in [0.15, 0.2) is 28.6 Å². The van der Waals surface area contributed by atoms with Crippen LogP contribution in [0.4, 0.5) is 5.13 Å². The number of amides is 1. The van der Waals surface area contributed by atoms with E-state index in [4.69, 9.17) is 4.74 Å². The van der Waals surface area contributed by atoms with Gasteiger partial charge in [-0.1, -0.05) is 42.2 Å². The van der Waals surface area contributed by atoms with Crippen molar-refractivity contribution in [1.29, 1.82) is 0 Å². The number of para-hydroxylation sites is 1. The first-order valence-corrected chi connectivity index (χ1v) is 7.45. The zero-order valence-corrected chi connectivity index (χ0v) is 12.2. The molecular formula is C12H13N3O2S2. The number of carbonyl (C=O) groups excluding carboxylic acids is 1. The van der Waals surface area contributed by atoms with Gasteiger partial charge in [0.15, 0.2) is 4.34 Å². The van der Waals surface area contributed by atoms with Gasteiger partial charge in [0.2, 0.25) is 5.13 Å². The molecular weight excluding hydrogens is 282 g/mol. The third-order valence-electron chi connectivity index (χ3n) is 2.25. The number of hydrogen-bond acceptors (Lipinski definition) is 6. The molecule has 19 heavy (non-hydrogen) atoms. The van der Waals surface area contributed by atoms with Gasteiger partial charge in [-0.3, -0.25) is 10.1 Å². The van der Waals surface area contributed by atoms with Gasteiger partial charge in [0.05, 0.1) is 12.7 Å². The van der Waals surface area contributed by atoms with E-state index in [9.17, 15) is 4.79 Å². The Kier molecular flexibility index (Phi) is 4.75. The highest BCUT2D eigenvalue weighted by Gasteiger charge is 2.13. The lowest BCUT2D eigenvalue weighted by atomic mass is 10.2. The summed E-state index contributed by atoms with van der Waals surface area (Å²) < 4.78 is 6.00. The van der Waals surface area contributed by atoms with E-state index >= 15 is 0 Å². The second kappa shape index (κ2) is 6.53. The lowest BCUT2D eigenvalue weighted by molar-refractivity contribution is 0.102. The maximum atomic E-state index is 12.1. The zero-order chi connectivity index (χ0) is 13.7. The molecule has 100 valence electrons. The smallest absolute Gasteiger partial charge is 0.261 e. The third-order valence-corrected chi connectivity index (χ3v) is 4.10. The van der Waals surface area contributed by atoms with Crippen LogP contribution in [0.5, 0.6) is 5.75 Å². The first kappa shape index (κ1) is 13.8. The molecule has 0 aliphatic rings. The molecule has 0 saturated carbocycles. The van der Waals surface area contributed by atoms with Gasteiger partial charge in [-0.05, 0) is 17.9 Å². The van der Waals surface area contributed by atoms with Crippen LogP contribution in [-0.2, 0) is 0 Å². The predicted molar refractivity (Wildman–Crippen MR) is 77.3 cm³/mol. The van der Waals surface area contributed by atoms with Crippen molar-refractivity contribution in [1.82, 2.24) is 10.2 Å². The van der Waals surface area contributed by atoms with Gasteiger partial charge < -0.3 is 4.74 Å². The molecule has 0 saturated heterocycles. The fraction of sp³-hybridized carbons (Fsp3) is 0.250. The molecule has 1 aromatic carbocycles. The van der Waals surface area contributed by atoms with Gasteiger partial charge in [-0.25, -0.2) is 0 Å². The molecule has 0 bridgehead atoms. The number of nitrogens with one attached hydrogen (secondary N) is 1. The van der Waals surface area contributed by atoms with Crippen molar-refractivity contribution in [3.8, 4) is 5.75 Å². The van der Waals surface area contributed by atoms with Crippen LogP contribution in [0.3, 0.4) is 0 Å². The summed E-state index contributed by atoms with van der Waals surface area (Å²) in [4.78, 5) is 12.1. The SMILES string of the molecule is CCSc1nnc(NC(=O)c2ccccc2OC)s1. The molecule has 0 unspecified atom stereocenters. The van der Waals surface area contributed by atoms with E-state index in [0.717, 1.165) is 10.1 Å². The summed E-state index contributed by atoms with van der Waals surface area (Å²) in [5.74, 6) is 1.21. The average molecular weight is 295 g/mol. The van der Waals surface area contributed by atoms with E-state index in [-0.39, 0.29) is 5.91 Å². The Labute approximate surface area is 119 Å². The van der Waals surface area contributed by atoms with Crippen molar-refractivity contribution in [3.63, 3.8) is 0 Å². The van der Waals surface area contributed by atoms with E-state index in [0.29, 0.717) is 16.4 Å². The lowest BCUT2D eigenvalue weighted by Gasteiger charge is -2.06. The number of rotatable bonds is 5. The predicted octanol–water partition coefficient (Wildman–Crippen LogP) is 2.91. The van der Waals surface area contributed by atoms with Crippen LogP contribution < -0.4 is 10.1 Å². The second-order valence-electron chi connectivity index (χ2n) is 3.46. The summed E-state index contributed by atoms with van der Waals surface area (Å²) in [7, 11) is 1.53. The standard InChI is InChI=1S/C12H13N3O2S2/c1-3-18-12-15-14-11(19-12)13-10(16)8-6-4-5-7-9(8)17-2/h4-7H,3H2,1-2H3,(H,13,14,16). The summed E-state index contributed by atoms with van der Waals surface area (Å²) in [6.07, 6.45) is 0. The fourth-order valence-electron chi connectivity index (χ4n) is 1.44. The molecule has 0 aliphatic heterocycles. The molecule has 1 aromatic heterocycles. The first-order valence-electron chi connectivity index (χ1n) is 5.65. The molecule has 0 aliphatic carbocycles. The largest absolute Gasteiger partial charge is 0.496 e. The van der Waals surface area contributed by atoms with Crippen molar-refractivity contribution in [2.45, 2.75) is 11.3 Å². The molecule has 1 amide bonds. The van der Waals surface area contributed by atoms with Crippen LogP contribution in [0.2, 0.25) is 0 Å². The van der Waals surface area contributed by atoms with Gasteiger partial charge in [0.1, 0.15) is 5.75 Å². The number of thioether (sulfide) groups is 1. The molecule has 0 fully saturated rings.